The van der Waals surface area contributed by atoms with E-state index < -0.39 is 43.6 Å². The lowest BCUT2D eigenvalue weighted by molar-refractivity contribution is 0.114. The molecule has 3 aromatic heterocycles. The van der Waals surface area contributed by atoms with Gasteiger partial charge in [-0.05, 0) is 42.7 Å². The second kappa shape index (κ2) is 12.4. The molecule has 0 spiro atoms. The first-order valence-corrected chi connectivity index (χ1v) is 14.5. The highest BCUT2D eigenvalue weighted by Gasteiger charge is 2.28. The highest BCUT2D eigenvalue weighted by Crippen LogP contribution is 2.50. The first-order chi connectivity index (χ1) is 20.5. The highest BCUT2D eigenvalue weighted by molar-refractivity contribution is 7.53. The molecule has 0 amide bonds. The minimum Gasteiger partial charge on any atom is -0.393 e. The van der Waals surface area contributed by atoms with E-state index in [0.29, 0.717) is 16.7 Å². The predicted molar refractivity (Wildman–Crippen MR) is 149 cm³/mol. The molecule has 1 atom stereocenters. The summed E-state index contributed by atoms with van der Waals surface area (Å²) in [6, 6.07) is 8.57. The number of nitrogens with zero attached hydrogens (tertiary/aromatic N) is 3. The number of nitrogens with one attached hydrogen (secondary N) is 1. The van der Waals surface area contributed by atoms with Gasteiger partial charge in [-0.3, -0.25) is 18.9 Å². The maximum atomic E-state index is 14.2. The van der Waals surface area contributed by atoms with Crippen molar-refractivity contribution in [2.75, 3.05) is 18.7 Å². The summed E-state index contributed by atoms with van der Waals surface area (Å²) in [5.41, 5.74) is 6.83. The second-order valence-electron chi connectivity index (χ2n) is 9.51. The third-order valence-corrected chi connectivity index (χ3v) is 7.90. The Morgan fingerprint density at radius 1 is 1.02 bits per heavy atom. The number of imidazole rings is 1. The fraction of sp³-hybridized carbons (Fsp3) is 0.259. The Hall–Kier alpha value is -4.43. The second-order valence-corrected chi connectivity index (χ2v) is 11.5. The number of benzene rings is 2. The van der Waals surface area contributed by atoms with Crippen LogP contribution in [-0.4, -0.2) is 32.5 Å². The number of hydrogen-bond donors (Lipinski definition) is 2. The van der Waals surface area contributed by atoms with Gasteiger partial charge >= 0.3 is 13.4 Å². The zero-order chi connectivity index (χ0) is 30.7. The minimum absolute atomic E-state index is 0.0373. The van der Waals surface area contributed by atoms with Gasteiger partial charge in [0.2, 0.25) is 5.95 Å². The molecule has 0 saturated carbocycles. The van der Waals surface area contributed by atoms with Crippen molar-refractivity contribution >= 4 is 24.7 Å². The number of nitrogens with two attached hydrogens (primary N) is 1. The van der Waals surface area contributed by atoms with Crippen molar-refractivity contribution in [1.82, 2.24) is 19.5 Å². The predicted octanol–water partition coefficient (Wildman–Crippen LogP) is 4.41. The van der Waals surface area contributed by atoms with Crippen molar-refractivity contribution in [3.8, 4) is 11.3 Å². The van der Waals surface area contributed by atoms with Gasteiger partial charge in [-0.1, -0.05) is 24.3 Å². The minimum atomic E-state index is -4.10. The Labute approximate surface area is 241 Å². The van der Waals surface area contributed by atoms with E-state index in [-0.39, 0.29) is 54.0 Å². The number of anilines is 1. The fourth-order valence-corrected chi connectivity index (χ4v) is 5.23. The van der Waals surface area contributed by atoms with Crippen LogP contribution in [0.1, 0.15) is 22.5 Å². The van der Waals surface area contributed by atoms with Crippen molar-refractivity contribution in [3.63, 3.8) is 0 Å². The number of aromatic nitrogens is 4. The third-order valence-electron chi connectivity index (χ3n) is 6.35. The maximum absolute atomic E-state index is 14.2. The molecule has 0 radical (unpaired) electrons. The van der Waals surface area contributed by atoms with Crippen LogP contribution < -0.4 is 17.1 Å². The summed E-state index contributed by atoms with van der Waals surface area (Å²) in [5.74, 6) is -2.42. The number of nitrogen functional groups attached to an aromatic ring is 1. The Kier molecular flexibility index (Phi) is 8.69. The Morgan fingerprint density at radius 2 is 1.74 bits per heavy atom. The van der Waals surface area contributed by atoms with Gasteiger partial charge < -0.3 is 28.4 Å². The van der Waals surface area contributed by atoms with Crippen LogP contribution in [0.2, 0.25) is 0 Å². The molecule has 0 aliphatic rings. The molecular weight excluding hydrogens is 591 g/mol. The number of hydrogen-bond acceptors (Lipinski definition) is 11. The SMILES string of the molecule is Cc1ccc(COP(=O)(COCCn2cnc3c(=O)[nH]c(N)nc32)OCc2oc(=O)oc2-c2ccc(C)c(F)c2)cc1F. The monoisotopic (exact) mass is 617 g/mol. The van der Waals surface area contributed by atoms with Crippen LogP contribution in [0.5, 0.6) is 0 Å². The quantitative estimate of drug-likeness (QED) is 0.150. The van der Waals surface area contributed by atoms with Gasteiger partial charge in [-0.2, -0.15) is 4.98 Å². The summed E-state index contributed by atoms with van der Waals surface area (Å²) in [7, 11) is -4.10. The van der Waals surface area contributed by atoms with Crippen LogP contribution >= 0.6 is 7.60 Å². The first kappa shape index (κ1) is 30.0. The van der Waals surface area contributed by atoms with Crippen molar-refractivity contribution in [2.45, 2.75) is 33.6 Å². The lowest BCUT2D eigenvalue weighted by Gasteiger charge is -2.19. The molecule has 5 rings (SSSR count). The lowest BCUT2D eigenvalue weighted by atomic mass is 10.1. The van der Waals surface area contributed by atoms with Gasteiger partial charge in [0.05, 0.1) is 19.5 Å². The molecule has 16 heteroatoms. The molecule has 0 aliphatic heterocycles. The summed E-state index contributed by atoms with van der Waals surface area (Å²) >= 11 is 0. The van der Waals surface area contributed by atoms with Crippen LogP contribution in [0.3, 0.4) is 0 Å². The van der Waals surface area contributed by atoms with E-state index in [1.54, 1.807) is 26.0 Å². The molecule has 0 aliphatic carbocycles. The molecule has 0 saturated heterocycles. The normalized spacial score (nSPS) is 13.0. The smallest absolute Gasteiger partial charge is 0.393 e. The Morgan fingerprint density at radius 3 is 2.49 bits per heavy atom. The number of rotatable bonds is 12. The molecule has 5 aromatic rings. The summed E-state index contributed by atoms with van der Waals surface area (Å²) in [6.07, 6.45) is 0.825. The third kappa shape index (κ3) is 6.97. The van der Waals surface area contributed by atoms with Crippen LogP contribution in [0.4, 0.5) is 14.7 Å². The van der Waals surface area contributed by atoms with Crippen molar-refractivity contribution < 1.29 is 36.0 Å². The van der Waals surface area contributed by atoms with Crippen molar-refractivity contribution in [3.05, 3.63) is 97.8 Å². The largest absolute Gasteiger partial charge is 0.519 e. The maximum Gasteiger partial charge on any atom is 0.519 e. The molecule has 0 bridgehead atoms. The van der Waals surface area contributed by atoms with Crippen molar-refractivity contribution in [1.29, 1.82) is 0 Å². The molecule has 43 heavy (non-hydrogen) atoms. The van der Waals surface area contributed by atoms with Crippen LogP contribution in [-0.2, 0) is 38.1 Å². The van der Waals surface area contributed by atoms with E-state index >= 15 is 0 Å². The van der Waals surface area contributed by atoms with Crippen molar-refractivity contribution in [2.24, 2.45) is 0 Å². The first-order valence-electron chi connectivity index (χ1n) is 12.8. The van der Waals surface area contributed by atoms with E-state index in [1.807, 2.05) is 0 Å². The van der Waals surface area contributed by atoms with Gasteiger partial charge in [-0.25, -0.2) is 18.6 Å². The lowest BCUT2D eigenvalue weighted by Crippen LogP contribution is -2.13. The topological polar surface area (TPSA) is 178 Å². The summed E-state index contributed by atoms with van der Waals surface area (Å²) in [6.45, 7) is 2.43. The molecular formula is C27H26F2N5O8P. The van der Waals surface area contributed by atoms with Crippen LogP contribution in [0.25, 0.3) is 22.5 Å². The van der Waals surface area contributed by atoms with Crippen LogP contribution in [0, 0.1) is 25.5 Å². The number of H-pyrrole nitrogens is 1. The standard InChI is InChI=1S/C27H26F2N5O8P/c1-15-3-5-17(9-19(15)28)11-39-43(37,14-38-8-7-34-13-31-22-24(34)32-26(30)33-25(22)35)40-12-21-23(42-27(36)41-21)18-6-4-16(2)20(29)10-18/h3-6,9-10,13H,7-8,11-12,14H2,1-2H3,(H3,30,32,33,35). The fourth-order valence-electron chi connectivity index (χ4n) is 4.00. The molecule has 3 heterocycles. The van der Waals surface area contributed by atoms with E-state index in [0.717, 1.165) is 6.07 Å². The molecule has 0 fully saturated rings. The summed E-state index contributed by atoms with van der Waals surface area (Å²) in [5, 5.41) is 0. The number of fused-ring (bicyclic) bond motifs is 1. The number of ether oxygens (including phenoxy) is 1. The van der Waals surface area contributed by atoms with Gasteiger partial charge in [0.1, 0.15) is 24.6 Å². The summed E-state index contributed by atoms with van der Waals surface area (Å²) < 4.78 is 70.5. The number of halogens is 2. The molecule has 3 N–H and O–H groups in total. The van der Waals surface area contributed by atoms with Gasteiger partial charge in [-0.15, -0.1) is 0 Å². The zero-order valence-corrected chi connectivity index (χ0v) is 23.9. The number of aryl methyl sites for hydroxylation is 2. The molecule has 13 nitrogen and oxygen atoms in total. The number of aromatic amines is 1. The van der Waals surface area contributed by atoms with E-state index in [2.05, 4.69) is 15.0 Å². The van der Waals surface area contributed by atoms with Gasteiger partial charge in [0, 0.05) is 12.1 Å². The van der Waals surface area contributed by atoms with Crippen LogP contribution in [0.15, 0.2) is 61.1 Å². The van der Waals surface area contributed by atoms with E-state index in [9.17, 15) is 22.9 Å². The molecule has 1 unspecified atom stereocenters. The van der Waals surface area contributed by atoms with Gasteiger partial charge in [0.25, 0.3) is 5.56 Å². The van der Waals surface area contributed by atoms with E-state index in [4.69, 9.17) is 28.4 Å². The van der Waals surface area contributed by atoms with E-state index in [1.165, 1.54) is 29.1 Å². The molecule has 226 valence electrons. The van der Waals surface area contributed by atoms with Gasteiger partial charge in [0.15, 0.2) is 22.7 Å². The average molecular weight is 618 g/mol. The zero-order valence-electron chi connectivity index (χ0n) is 23.0. The molecule has 2 aromatic carbocycles. The Bertz CT molecular complexity index is 1950. The summed E-state index contributed by atoms with van der Waals surface area (Å²) in [4.78, 5) is 34.4. The highest BCUT2D eigenvalue weighted by atomic mass is 31.2. The average Bonchev–Trinajstić information content (AvgIpc) is 3.55. The Balaban J connectivity index is 1.31.